The summed E-state index contributed by atoms with van der Waals surface area (Å²) >= 11 is 0. The number of piperidine rings is 1. The lowest BCUT2D eigenvalue weighted by molar-refractivity contribution is 0.188. The van der Waals surface area contributed by atoms with E-state index >= 15 is 0 Å². The Labute approximate surface area is 115 Å². The Bertz CT molecular complexity index is 446. The monoisotopic (exact) mass is 260 g/mol. The van der Waals surface area contributed by atoms with E-state index in [0.717, 1.165) is 11.8 Å². The Morgan fingerprint density at radius 3 is 2.95 bits per heavy atom. The Morgan fingerprint density at radius 2 is 2.16 bits per heavy atom. The van der Waals surface area contributed by atoms with Crippen LogP contribution in [0.2, 0.25) is 0 Å². The average Bonchev–Trinajstić information content (AvgIpc) is 2.88. The molecule has 2 heterocycles. The van der Waals surface area contributed by atoms with E-state index in [9.17, 15) is 0 Å². The molecule has 1 N–H and O–H groups in total. The molecule has 0 aromatic heterocycles. The number of benzene rings is 1. The van der Waals surface area contributed by atoms with Crippen molar-refractivity contribution in [3.63, 3.8) is 0 Å². The molecule has 2 aliphatic heterocycles. The van der Waals surface area contributed by atoms with Gasteiger partial charge in [0.05, 0.1) is 7.11 Å². The van der Waals surface area contributed by atoms with Crippen LogP contribution < -0.4 is 10.1 Å². The first-order valence-electron chi connectivity index (χ1n) is 7.41. The van der Waals surface area contributed by atoms with Crippen molar-refractivity contribution < 1.29 is 4.74 Å². The molecule has 2 aliphatic rings. The first-order chi connectivity index (χ1) is 9.26. The third-order valence-corrected chi connectivity index (χ3v) is 4.61. The van der Waals surface area contributed by atoms with Crippen molar-refractivity contribution in [3.05, 3.63) is 23.8 Å². The van der Waals surface area contributed by atoms with Crippen molar-refractivity contribution in [2.24, 2.45) is 0 Å². The molecule has 1 aromatic rings. The number of hydrogen-bond donors (Lipinski definition) is 1. The second-order valence-corrected chi connectivity index (χ2v) is 5.88. The van der Waals surface area contributed by atoms with E-state index in [1.807, 2.05) is 6.07 Å². The molecule has 3 nitrogen and oxygen atoms in total. The first kappa shape index (κ1) is 12.8. The third-order valence-electron chi connectivity index (χ3n) is 4.61. The highest BCUT2D eigenvalue weighted by Crippen LogP contribution is 2.30. The molecular formula is C16H24N2O. The second kappa shape index (κ2) is 5.41. The van der Waals surface area contributed by atoms with Gasteiger partial charge in [-0.05, 0) is 62.9 Å². The molecule has 2 saturated heterocycles. The van der Waals surface area contributed by atoms with Gasteiger partial charge < -0.3 is 15.0 Å². The fourth-order valence-electron chi connectivity index (χ4n) is 3.50. The molecule has 3 rings (SSSR count). The van der Waals surface area contributed by atoms with Gasteiger partial charge in [-0.25, -0.2) is 0 Å². The van der Waals surface area contributed by atoms with Crippen LogP contribution in [0.1, 0.15) is 31.2 Å². The molecule has 0 radical (unpaired) electrons. The van der Waals surface area contributed by atoms with Crippen LogP contribution in [0.5, 0.6) is 5.75 Å². The second-order valence-electron chi connectivity index (χ2n) is 5.88. The highest BCUT2D eigenvalue weighted by Gasteiger charge is 2.31. The maximum absolute atomic E-state index is 5.26. The number of nitrogens with zero attached hydrogens (tertiary/aromatic N) is 1. The number of anilines is 1. The van der Waals surface area contributed by atoms with Gasteiger partial charge in [-0.2, -0.15) is 0 Å². The highest BCUT2D eigenvalue weighted by molar-refractivity contribution is 5.54. The molecule has 0 aliphatic carbocycles. The molecule has 0 bridgehead atoms. The molecule has 2 fully saturated rings. The van der Waals surface area contributed by atoms with Gasteiger partial charge in [0, 0.05) is 24.3 Å². The van der Waals surface area contributed by atoms with Crippen molar-refractivity contribution in [1.82, 2.24) is 4.90 Å². The van der Waals surface area contributed by atoms with E-state index in [0.29, 0.717) is 6.04 Å². The summed E-state index contributed by atoms with van der Waals surface area (Å²) in [7, 11) is 1.72. The molecular weight excluding hydrogens is 236 g/mol. The Hall–Kier alpha value is -1.22. The number of nitrogens with one attached hydrogen (secondary N) is 1. The number of aryl methyl sites for hydroxylation is 1. The lowest BCUT2D eigenvalue weighted by Gasteiger charge is -2.35. The van der Waals surface area contributed by atoms with Gasteiger partial charge in [-0.3, -0.25) is 0 Å². The minimum Gasteiger partial charge on any atom is -0.497 e. The van der Waals surface area contributed by atoms with Gasteiger partial charge in [0.15, 0.2) is 0 Å². The molecule has 3 heteroatoms. The third kappa shape index (κ3) is 2.71. The molecule has 1 aromatic carbocycles. The summed E-state index contributed by atoms with van der Waals surface area (Å²) in [5.41, 5.74) is 2.53. The average molecular weight is 260 g/mol. The summed E-state index contributed by atoms with van der Waals surface area (Å²) in [6.45, 7) is 4.73. The van der Waals surface area contributed by atoms with Crippen LogP contribution in [0.25, 0.3) is 0 Å². The summed E-state index contributed by atoms with van der Waals surface area (Å²) in [5, 5.41) is 3.73. The molecule has 0 spiro atoms. The number of rotatable bonds is 3. The van der Waals surface area contributed by atoms with E-state index in [4.69, 9.17) is 4.74 Å². The summed E-state index contributed by atoms with van der Waals surface area (Å²) in [4.78, 5) is 2.67. The molecule has 19 heavy (non-hydrogen) atoms. The van der Waals surface area contributed by atoms with Gasteiger partial charge in [-0.15, -0.1) is 0 Å². The summed E-state index contributed by atoms with van der Waals surface area (Å²) in [6, 6.07) is 7.75. The predicted molar refractivity (Wildman–Crippen MR) is 79.0 cm³/mol. The van der Waals surface area contributed by atoms with Crippen LogP contribution in [0, 0.1) is 6.92 Å². The van der Waals surface area contributed by atoms with Crippen molar-refractivity contribution in [3.8, 4) is 5.75 Å². The predicted octanol–water partition coefficient (Wildman–Crippen LogP) is 3.04. The van der Waals surface area contributed by atoms with Gasteiger partial charge in [0.1, 0.15) is 5.75 Å². The van der Waals surface area contributed by atoms with Gasteiger partial charge >= 0.3 is 0 Å². The van der Waals surface area contributed by atoms with Crippen molar-refractivity contribution in [1.29, 1.82) is 0 Å². The van der Waals surface area contributed by atoms with E-state index < -0.39 is 0 Å². The zero-order valence-electron chi connectivity index (χ0n) is 12.0. The van der Waals surface area contributed by atoms with Gasteiger partial charge in [0.2, 0.25) is 0 Å². The molecule has 0 amide bonds. The zero-order chi connectivity index (χ0) is 13.2. The van der Waals surface area contributed by atoms with Crippen molar-refractivity contribution >= 4 is 5.69 Å². The van der Waals surface area contributed by atoms with Crippen LogP contribution in [0.15, 0.2) is 18.2 Å². The maximum atomic E-state index is 5.26. The van der Waals surface area contributed by atoms with Gasteiger partial charge in [0.25, 0.3) is 0 Å². The van der Waals surface area contributed by atoms with E-state index in [1.54, 1.807) is 7.11 Å². The molecule has 0 saturated carbocycles. The minimum atomic E-state index is 0.631. The van der Waals surface area contributed by atoms with Crippen molar-refractivity contribution in [2.75, 3.05) is 25.5 Å². The highest BCUT2D eigenvalue weighted by atomic mass is 16.5. The number of hydrogen-bond acceptors (Lipinski definition) is 3. The smallest absolute Gasteiger partial charge is 0.119 e. The molecule has 2 unspecified atom stereocenters. The van der Waals surface area contributed by atoms with Crippen LogP contribution in [-0.4, -0.2) is 37.2 Å². The Balaban J connectivity index is 1.65. The van der Waals surface area contributed by atoms with Gasteiger partial charge in [-0.1, -0.05) is 0 Å². The Morgan fingerprint density at radius 1 is 1.26 bits per heavy atom. The molecule has 104 valence electrons. The zero-order valence-corrected chi connectivity index (χ0v) is 12.0. The summed E-state index contributed by atoms with van der Waals surface area (Å²) < 4.78 is 5.26. The first-order valence-corrected chi connectivity index (χ1v) is 7.41. The Kier molecular flexibility index (Phi) is 3.65. The van der Waals surface area contributed by atoms with Crippen LogP contribution in [0.4, 0.5) is 5.69 Å². The topological polar surface area (TPSA) is 24.5 Å². The van der Waals surface area contributed by atoms with Crippen molar-refractivity contribution in [2.45, 2.75) is 44.7 Å². The number of ether oxygens (including phenoxy) is 1. The fourth-order valence-corrected chi connectivity index (χ4v) is 3.50. The number of fused-ring (bicyclic) bond motifs is 1. The molecule has 2 atom stereocenters. The van der Waals surface area contributed by atoms with E-state index in [1.165, 1.54) is 50.0 Å². The maximum Gasteiger partial charge on any atom is 0.119 e. The SMILES string of the molecule is COc1ccc(NC2CCN3CCCC3C2)c(C)c1. The minimum absolute atomic E-state index is 0.631. The van der Waals surface area contributed by atoms with Crippen LogP contribution in [-0.2, 0) is 0 Å². The number of methoxy groups -OCH3 is 1. The normalized spacial score (nSPS) is 27.1. The summed E-state index contributed by atoms with van der Waals surface area (Å²) in [6.07, 6.45) is 5.34. The largest absolute Gasteiger partial charge is 0.497 e. The van der Waals surface area contributed by atoms with E-state index in [2.05, 4.69) is 29.3 Å². The van der Waals surface area contributed by atoms with Crippen LogP contribution in [0.3, 0.4) is 0 Å². The lowest BCUT2D eigenvalue weighted by Crippen LogP contribution is -2.42. The van der Waals surface area contributed by atoms with E-state index in [-0.39, 0.29) is 0 Å². The van der Waals surface area contributed by atoms with Crippen LogP contribution >= 0.6 is 0 Å². The summed E-state index contributed by atoms with van der Waals surface area (Å²) in [5.74, 6) is 0.939. The standard InChI is InChI=1S/C16H24N2O/c1-12-10-15(19-2)5-6-16(12)17-13-7-9-18-8-3-4-14(18)11-13/h5-6,10,13-14,17H,3-4,7-9,11H2,1-2H3. The quantitative estimate of drug-likeness (QED) is 0.904. The lowest BCUT2D eigenvalue weighted by atomic mass is 9.97. The fraction of sp³-hybridized carbons (Fsp3) is 0.625.